The Bertz CT molecular complexity index is 360. The summed E-state index contributed by atoms with van der Waals surface area (Å²) in [7, 11) is 1.60. The first kappa shape index (κ1) is 8.77. The molecular formula is C8H12N2O2. The van der Waals surface area contributed by atoms with Crippen molar-refractivity contribution in [2.75, 3.05) is 0 Å². The van der Waals surface area contributed by atoms with Gasteiger partial charge in [-0.15, -0.1) is 0 Å². The number of ketones is 1. The molecule has 1 rings (SSSR count). The normalized spacial score (nSPS) is 10.2. The molecule has 0 spiro atoms. The van der Waals surface area contributed by atoms with Crippen LogP contribution in [0.15, 0.2) is 4.79 Å². The minimum atomic E-state index is -0.237. The number of nitrogens with one attached hydrogen (secondary N) is 1. The van der Waals surface area contributed by atoms with E-state index in [9.17, 15) is 9.59 Å². The molecule has 1 heterocycles. The Morgan fingerprint density at radius 3 is 2.50 bits per heavy atom. The van der Waals surface area contributed by atoms with E-state index in [-0.39, 0.29) is 11.3 Å². The molecule has 0 fully saturated rings. The third kappa shape index (κ3) is 1.20. The Morgan fingerprint density at radius 2 is 2.17 bits per heavy atom. The van der Waals surface area contributed by atoms with Gasteiger partial charge in [0.1, 0.15) is 5.56 Å². The van der Waals surface area contributed by atoms with Gasteiger partial charge in [-0.2, -0.15) is 0 Å². The Morgan fingerprint density at radius 1 is 1.58 bits per heavy atom. The summed E-state index contributed by atoms with van der Waals surface area (Å²) in [5, 5.41) is 2.77. The number of nitrogens with zero attached hydrogens (tertiary/aromatic N) is 1. The molecule has 4 nitrogen and oxygen atoms in total. The molecule has 0 amide bonds. The maximum Gasteiger partial charge on any atom is 0.277 e. The Labute approximate surface area is 70.2 Å². The van der Waals surface area contributed by atoms with Crippen molar-refractivity contribution < 1.29 is 4.79 Å². The third-order valence-electron chi connectivity index (χ3n) is 1.83. The van der Waals surface area contributed by atoms with Gasteiger partial charge in [0.15, 0.2) is 5.78 Å². The number of hydrogen-bond donors (Lipinski definition) is 1. The monoisotopic (exact) mass is 168 g/mol. The van der Waals surface area contributed by atoms with Gasteiger partial charge in [0.2, 0.25) is 0 Å². The van der Waals surface area contributed by atoms with E-state index < -0.39 is 0 Å². The van der Waals surface area contributed by atoms with Gasteiger partial charge in [0.25, 0.3) is 5.56 Å². The highest BCUT2D eigenvalue weighted by atomic mass is 16.2. The van der Waals surface area contributed by atoms with Crippen molar-refractivity contribution in [3.05, 3.63) is 21.6 Å². The lowest BCUT2D eigenvalue weighted by Gasteiger charge is -1.90. The van der Waals surface area contributed by atoms with Gasteiger partial charge in [-0.05, 0) is 6.92 Å². The zero-order valence-corrected chi connectivity index (χ0v) is 7.47. The second kappa shape index (κ2) is 2.97. The first-order chi connectivity index (χ1) is 5.57. The van der Waals surface area contributed by atoms with Crippen LogP contribution in [0.25, 0.3) is 0 Å². The fraction of sp³-hybridized carbons (Fsp3) is 0.500. The van der Waals surface area contributed by atoms with Crippen molar-refractivity contribution in [2.24, 2.45) is 7.05 Å². The summed E-state index contributed by atoms with van der Waals surface area (Å²) in [6, 6.07) is 0. The van der Waals surface area contributed by atoms with Crippen LogP contribution in [0.5, 0.6) is 0 Å². The molecule has 0 aliphatic carbocycles. The average Bonchev–Trinajstić information content (AvgIpc) is 2.26. The molecule has 0 saturated heterocycles. The molecule has 66 valence electrons. The van der Waals surface area contributed by atoms with Crippen LogP contribution in [0, 0.1) is 6.92 Å². The van der Waals surface area contributed by atoms with Crippen LogP contribution in [0.2, 0.25) is 0 Å². The molecule has 0 bridgehead atoms. The van der Waals surface area contributed by atoms with Gasteiger partial charge in [-0.3, -0.25) is 19.4 Å². The number of carbonyl (C=O) groups excluding carboxylic acids is 1. The highest BCUT2D eigenvalue weighted by Crippen LogP contribution is 2.01. The molecule has 4 heteroatoms. The lowest BCUT2D eigenvalue weighted by atomic mass is 10.1. The fourth-order valence-electron chi connectivity index (χ4n) is 1.19. The number of H-pyrrole nitrogens is 1. The zero-order chi connectivity index (χ0) is 9.30. The lowest BCUT2D eigenvalue weighted by molar-refractivity contribution is 0.0986. The molecule has 0 aromatic carbocycles. The van der Waals surface area contributed by atoms with E-state index >= 15 is 0 Å². The molecule has 12 heavy (non-hydrogen) atoms. The van der Waals surface area contributed by atoms with Crippen LogP contribution in [-0.4, -0.2) is 15.6 Å². The van der Waals surface area contributed by atoms with Crippen molar-refractivity contribution >= 4 is 5.78 Å². The molecule has 0 saturated carbocycles. The summed E-state index contributed by atoms with van der Waals surface area (Å²) in [6.45, 7) is 3.47. The van der Waals surface area contributed by atoms with Crippen molar-refractivity contribution in [3.63, 3.8) is 0 Å². The standard InChI is InChI=1S/C8H12N2O2/c1-4-6(11)7-5(2)9-10(3)8(7)12/h9H,4H2,1-3H3. The average molecular weight is 168 g/mol. The Balaban J connectivity index is 3.32. The number of hydrogen-bond acceptors (Lipinski definition) is 2. The molecule has 0 aliphatic heterocycles. The number of aromatic nitrogens is 2. The molecule has 0 unspecified atom stereocenters. The molecule has 0 radical (unpaired) electrons. The quantitative estimate of drug-likeness (QED) is 0.658. The highest BCUT2D eigenvalue weighted by Gasteiger charge is 2.14. The number of Topliss-reactive ketones (excluding diaryl/α,β-unsaturated/α-hetero) is 1. The summed E-state index contributed by atoms with van der Waals surface area (Å²) in [5.41, 5.74) is 0.703. The van der Waals surface area contributed by atoms with Crippen molar-refractivity contribution in [1.29, 1.82) is 0 Å². The Hall–Kier alpha value is -1.32. The van der Waals surface area contributed by atoms with Crippen molar-refractivity contribution in [1.82, 2.24) is 9.78 Å². The van der Waals surface area contributed by atoms with E-state index in [1.807, 2.05) is 0 Å². The number of carbonyl (C=O) groups is 1. The van der Waals surface area contributed by atoms with E-state index in [2.05, 4.69) is 5.10 Å². The third-order valence-corrected chi connectivity index (χ3v) is 1.83. The summed E-state index contributed by atoms with van der Waals surface area (Å²) in [5.74, 6) is -0.102. The Kier molecular flexibility index (Phi) is 2.17. The molecular weight excluding hydrogens is 156 g/mol. The summed E-state index contributed by atoms with van der Waals surface area (Å²) in [4.78, 5) is 22.5. The van der Waals surface area contributed by atoms with E-state index in [1.54, 1.807) is 20.9 Å². The van der Waals surface area contributed by atoms with Crippen LogP contribution in [0.4, 0.5) is 0 Å². The van der Waals surface area contributed by atoms with Gasteiger partial charge in [-0.1, -0.05) is 6.92 Å². The first-order valence-electron chi connectivity index (χ1n) is 3.86. The first-order valence-corrected chi connectivity index (χ1v) is 3.86. The SMILES string of the molecule is CCC(=O)c1c(C)[nH]n(C)c1=O. The van der Waals surface area contributed by atoms with Crippen LogP contribution in [0.3, 0.4) is 0 Å². The second-order valence-electron chi connectivity index (χ2n) is 2.75. The van der Waals surface area contributed by atoms with E-state index in [4.69, 9.17) is 0 Å². The van der Waals surface area contributed by atoms with Crippen LogP contribution in [0.1, 0.15) is 29.4 Å². The number of aryl methyl sites for hydroxylation is 2. The summed E-state index contributed by atoms with van der Waals surface area (Å²) < 4.78 is 1.32. The van der Waals surface area contributed by atoms with E-state index in [0.29, 0.717) is 17.7 Å². The van der Waals surface area contributed by atoms with Gasteiger partial charge < -0.3 is 0 Å². The molecule has 1 aromatic heterocycles. The molecule has 0 aliphatic rings. The van der Waals surface area contributed by atoms with Gasteiger partial charge >= 0.3 is 0 Å². The highest BCUT2D eigenvalue weighted by molar-refractivity contribution is 5.96. The lowest BCUT2D eigenvalue weighted by Crippen LogP contribution is -2.18. The van der Waals surface area contributed by atoms with Gasteiger partial charge in [0, 0.05) is 19.2 Å². The minimum absolute atomic E-state index is 0.102. The van der Waals surface area contributed by atoms with E-state index in [1.165, 1.54) is 4.68 Å². The molecule has 1 aromatic rings. The maximum absolute atomic E-state index is 11.3. The predicted octanol–water partition coefficient (Wildman–Crippen LogP) is 0.615. The van der Waals surface area contributed by atoms with Crippen LogP contribution in [-0.2, 0) is 7.05 Å². The molecule has 1 N–H and O–H groups in total. The number of rotatable bonds is 2. The van der Waals surface area contributed by atoms with Crippen molar-refractivity contribution in [3.8, 4) is 0 Å². The zero-order valence-electron chi connectivity index (χ0n) is 7.47. The summed E-state index contributed by atoms with van der Waals surface area (Å²) >= 11 is 0. The minimum Gasteiger partial charge on any atom is -0.300 e. The smallest absolute Gasteiger partial charge is 0.277 e. The fourth-order valence-corrected chi connectivity index (χ4v) is 1.19. The predicted molar refractivity (Wildman–Crippen MR) is 45.4 cm³/mol. The number of aromatic amines is 1. The second-order valence-corrected chi connectivity index (χ2v) is 2.75. The van der Waals surface area contributed by atoms with Crippen LogP contribution >= 0.6 is 0 Å². The van der Waals surface area contributed by atoms with Crippen LogP contribution < -0.4 is 5.56 Å². The summed E-state index contributed by atoms with van der Waals surface area (Å²) in [6.07, 6.45) is 0.369. The van der Waals surface area contributed by atoms with Crippen molar-refractivity contribution in [2.45, 2.75) is 20.3 Å². The maximum atomic E-state index is 11.3. The van der Waals surface area contributed by atoms with Gasteiger partial charge in [-0.25, -0.2) is 0 Å². The van der Waals surface area contributed by atoms with E-state index in [0.717, 1.165) is 0 Å². The largest absolute Gasteiger partial charge is 0.300 e. The topological polar surface area (TPSA) is 54.9 Å². The van der Waals surface area contributed by atoms with Gasteiger partial charge in [0.05, 0.1) is 0 Å². The molecule has 0 atom stereocenters.